The maximum atomic E-state index is 11.6. The van der Waals surface area contributed by atoms with Crippen molar-refractivity contribution < 1.29 is 24.3 Å². The lowest BCUT2D eigenvalue weighted by Gasteiger charge is -2.09. The largest absolute Gasteiger partial charge is 0.493 e. The molecular weight excluding hydrogens is 350 g/mol. The quantitative estimate of drug-likeness (QED) is 0.475. The van der Waals surface area contributed by atoms with Crippen molar-refractivity contribution in [1.82, 2.24) is 9.97 Å². The Morgan fingerprint density at radius 1 is 1.27 bits per heavy atom. The lowest BCUT2D eigenvalue weighted by Crippen LogP contribution is -2.25. The molecule has 0 amide bonds. The smallest absolute Gasteiger partial charge is 0.357 e. The van der Waals surface area contributed by atoms with Crippen LogP contribution in [-0.4, -0.2) is 39.7 Å². The van der Waals surface area contributed by atoms with Crippen LogP contribution in [0.25, 0.3) is 12.2 Å². The van der Waals surface area contributed by atoms with Gasteiger partial charge in [-0.25, -0.2) is 9.59 Å². The van der Waals surface area contributed by atoms with Gasteiger partial charge in [-0.05, 0) is 23.8 Å². The van der Waals surface area contributed by atoms with E-state index in [9.17, 15) is 24.5 Å². The second-order valence-corrected chi connectivity index (χ2v) is 4.85. The Bertz CT molecular complexity index is 989. The Morgan fingerprint density at radius 2 is 2.00 bits per heavy atom. The third-order valence-electron chi connectivity index (χ3n) is 3.11. The number of nitrogens with zero attached hydrogens (tertiary/aromatic N) is 1. The van der Waals surface area contributed by atoms with Gasteiger partial charge in [0.25, 0.3) is 0 Å². The van der Waals surface area contributed by atoms with E-state index in [-0.39, 0.29) is 17.2 Å². The molecule has 1 aromatic heterocycles. The Hall–Kier alpha value is -3.89. The van der Waals surface area contributed by atoms with Crippen LogP contribution in [0, 0.1) is 10.1 Å². The molecule has 1 heterocycles. The number of methoxy groups -OCH3 is 1. The van der Waals surface area contributed by atoms with Crippen LogP contribution in [0.5, 0.6) is 11.5 Å². The van der Waals surface area contributed by atoms with Gasteiger partial charge in [0.15, 0.2) is 18.1 Å². The molecule has 0 atom stereocenters. The minimum absolute atomic E-state index is 0.197. The first-order valence-electron chi connectivity index (χ1n) is 7.03. The Balaban J connectivity index is 2.37. The molecule has 11 heteroatoms. The zero-order valence-electron chi connectivity index (χ0n) is 13.3. The summed E-state index contributed by atoms with van der Waals surface area (Å²) in [6.45, 7) is -0.550. The second-order valence-electron chi connectivity index (χ2n) is 4.85. The molecule has 2 rings (SSSR count). The van der Waals surface area contributed by atoms with Gasteiger partial charge in [-0.1, -0.05) is 12.1 Å². The minimum Gasteiger partial charge on any atom is -0.493 e. The summed E-state index contributed by atoms with van der Waals surface area (Å²) in [5.41, 5.74) is -2.56. The van der Waals surface area contributed by atoms with E-state index < -0.39 is 34.4 Å². The fourth-order valence-electron chi connectivity index (χ4n) is 2.03. The monoisotopic (exact) mass is 363 g/mol. The fourth-order valence-corrected chi connectivity index (χ4v) is 2.03. The number of aliphatic carboxylic acids is 1. The Labute approximate surface area is 144 Å². The molecule has 1 aromatic carbocycles. The van der Waals surface area contributed by atoms with Crippen molar-refractivity contribution in [2.24, 2.45) is 0 Å². The molecule has 0 unspecified atom stereocenters. The maximum Gasteiger partial charge on any atom is 0.357 e. The van der Waals surface area contributed by atoms with Crippen molar-refractivity contribution in [3.8, 4) is 11.5 Å². The van der Waals surface area contributed by atoms with Crippen molar-refractivity contribution in [2.45, 2.75) is 0 Å². The number of rotatable bonds is 7. The van der Waals surface area contributed by atoms with Crippen LogP contribution in [0.15, 0.2) is 27.8 Å². The van der Waals surface area contributed by atoms with Gasteiger partial charge in [-0.2, -0.15) is 0 Å². The van der Waals surface area contributed by atoms with E-state index in [1.54, 1.807) is 4.98 Å². The van der Waals surface area contributed by atoms with Gasteiger partial charge in [0.2, 0.25) is 0 Å². The highest BCUT2D eigenvalue weighted by Gasteiger charge is 2.18. The highest BCUT2D eigenvalue weighted by Crippen LogP contribution is 2.28. The topological polar surface area (TPSA) is 165 Å². The molecule has 26 heavy (non-hydrogen) atoms. The highest BCUT2D eigenvalue weighted by molar-refractivity contribution is 5.73. The number of H-pyrrole nitrogens is 2. The molecule has 0 radical (unpaired) electrons. The number of aromatic nitrogens is 2. The average Bonchev–Trinajstić information content (AvgIpc) is 2.57. The molecule has 136 valence electrons. The molecule has 0 saturated carbocycles. The molecule has 0 bridgehead atoms. The van der Waals surface area contributed by atoms with Crippen molar-refractivity contribution in [3.05, 3.63) is 60.4 Å². The summed E-state index contributed by atoms with van der Waals surface area (Å²) in [5.74, 6) is -0.716. The number of carbonyl (C=O) groups is 1. The molecule has 11 nitrogen and oxygen atoms in total. The molecule has 0 fully saturated rings. The number of carboxylic acid groups (broad SMARTS) is 1. The summed E-state index contributed by atoms with van der Waals surface area (Å²) in [7, 11) is 1.36. The van der Waals surface area contributed by atoms with Crippen molar-refractivity contribution >= 4 is 23.8 Å². The Kier molecular flexibility index (Phi) is 5.53. The van der Waals surface area contributed by atoms with Crippen LogP contribution >= 0.6 is 0 Å². The molecule has 0 aliphatic rings. The average molecular weight is 363 g/mol. The first-order valence-corrected chi connectivity index (χ1v) is 7.03. The molecule has 0 saturated heterocycles. The van der Waals surface area contributed by atoms with Crippen LogP contribution in [-0.2, 0) is 4.79 Å². The number of aromatic amines is 2. The van der Waals surface area contributed by atoms with E-state index in [2.05, 4.69) is 4.98 Å². The molecule has 2 aromatic rings. The van der Waals surface area contributed by atoms with Gasteiger partial charge in [0, 0.05) is 0 Å². The summed E-state index contributed by atoms with van der Waals surface area (Å²) >= 11 is 0. The standard InChI is InChI=1S/C15H13N3O8/c1-25-11-6-8(3-5-10(11)26-7-12(19)20)2-4-9-13(18(23)24)14(21)17-15(22)16-9/h2-6H,7H2,1H3,(H,19,20)(H2,16,17,21,22)/b4-2+. The normalized spacial score (nSPS) is 10.7. The minimum atomic E-state index is -1.15. The first kappa shape index (κ1) is 18.4. The van der Waals surface area contributed by atoms with E-state index in [0.717, 1.165) is 0 Å². The summed E-state index contributed by atoms with van der Waals surface area (Å²) in [4.78, 5) is 47.5. The molecule has 3 N–H and O–H groups in total. The second kappa shape index (κ2) is 7.79. The van der Waals surface area contributed by atoms with Crippen molar-refractivity contribution in [2.75, 3.05) is 13.7 Å². The summed E-state index contributed by atoms with van der Waals surface area (Å²) in [6, 6.07) is 4.48. The third kappa shape index (κ3) is 4.35. The number of nitro groups is 1. The van der Waals surface area contributed by atoms with Gasteiger partial charge >= 0.3 is 22.9 Å². The van der Waals surface area contributed by atoms with Gasteiger partial charge in [-0.3, -0.25) is 19.9 Å². The van der Waals surface area contributed by atoms with Crippen LogP contribution in [0.3, 0.4) is 0 Å². The van der Waals surface area contributed by atoms with Crippen LogP contribution in [0.2, 0.25) is 0 Å². The van der Waals surface area contributed by atoms with Crippen LogP contribution in [0.1, 0.15) is 11.3 Å². The van der Waals surface area contributed by atoms with Crippen molar-refractivity contribution in [1.29, 1.82) is 0 Å². The predicted octanol–water partition coefficient (Wildman–Crippen LogP) is 0.614. The zero-order valence-corrected chi connectivity index (χ0v) is 13.3. The first-order chi connectivity index (χ1) is 12.3. The van der Waals surface area contributed by atoms with Gasteiger partial charge in [0.05, 0.1) is 12.0 Å². The molecule has 0 aliphatic carbocycles. The van der Waals surface area contributed by atoms with Crippen LogP contribution < -0.4 is 20.7 Å². The number of hydrogen-bond donors (Lipinski definition) is 3. The van der Waals surface area contributed by atoms with E-state index in [1.807, 2.05) is 0 Å². The SMILES string of the molecule is COc1cc(/C=C/c2[nH]c(=O)[nH]c(=O)c2[N+](=O)[O-])ccc1OCC(=O)O. The number of carboxylic acids is 1. The highest BCUT2D eigenvalue weighted by atomic mass is 16.6. The summed E-state index contributed by atoms with van der Waals surface area (Å²) in [5, 5.41) is 19.6. The molecule has 0 spiro atoms. The summed E-state index contributed by atoms with van der Waals surface area (Å²) in [6.07, 6.45) is 2.60. The number of nitrogens with one attached hydrogen (secondary N) is 2. The van der Waals surface area contributed by atoms with E-state index in [1.165, 1.54) is 37.5 Å². The fraction of sp³-hybridized carbons (Fsp3) is 0.133. The molecular formula is C15H13N3O8. The lowest BCUT2D eigenvalue weighted by molar-refractivity contribution is -0.386. The van der Waals surface area contributed by atoms with Gasteiger partial charge < -0.3 is 19.6 Å². The number of benzene rings is 1. The summed E-state index contributed by atoms with van der Waals surface area (Å²) < 4.78 is 10.2. The maximum absolute atomic E-state index is 11.6. The predicted molar refractivity (Wildman–Crippen MR) is 89.4 cm³/mol. The Morgan fingerprint density at radius 3 is 2.62 bits per heavy atom. The van der Waals surface area contributed by atoms with Crippen LogP contribution in [0.4, 0.5) is 5.69 Å². The molecule has 0 aliphatic heterocycles. The van der Waals surface area contributed by atoms with E-state index >= 15 is 0 Å². The third-order valence-corrected chi connectivity index (χ3v) is 3.11. The van der Waals surface area contributed by atoms with E-state index in [0.29, 0.717) is 5.56 Å². The number of ether oxygens (including phenoxy) is 2. The zero-order chi connectivity index (χ0) is 19.3. The van der Waals surface area contributed by atoms with Crippen molar-refractivity contribution in [3.63, 3.8) is 0 Å². The van der Waals surface area contributed by atoms with Gasteiger partial charge in [-0.15, -0.1) is 0 Å². The van der Waals surface area contributed by atoms with Gasteiger partial charge in [0.1, 0.15) is 5.69 Å². The number of hydrogen-bond acceptors (Lipinski definition) is 7. The lowest BCUT2D eigenvalue weighted by atomic mass is 10.1. The van der Waals surface area contributed by atoms with E-state index in [4.69, 9.17) is 14.6 Å².